The van der Waals surface area contributed by atoms with Gasteiger partial charge in [-0.3, -0.25) is 4.72 Å². The van der Waals surface area contributed by atoms with Crippen molar-refractivity contribution in [1.82, 2.24) is 10.0 Å². The molecule has 0 radical (unpaired) electrons. The van der Waals surface area contributed by atoms with E-state index in [1.54, 1.807) is 24.3 Å². The summed E-state index contributed by atoms with van der Waals surface area (Å²) >= 11 is 1.54. The van der Waals surface area contributed by atoms with Crippen LogP contribution in [0.3, 0.4) is 0 Å². The van der Waals surface area contributed by atoms with E-state index in [1.165, 1.54) is 11.9 Å². The van der Waals surface area contributed by atoms with Crippen molar-refractivity contribution >= 4 is 11.9 Å². The minimum atomic E-state index is -0.576. The van der Waals surface area contributed by atoms with Crippen molar-refractivity contribution in [2.24, 2.45) is 0 Å². The van der Waals surface area contributed by atoms with Gasteiger partial charge in [0.25, 0.3) is 0 Å². The molecular weight excluding hydrogens is 236 g/mol. The molecule has 0 aromatic heterocycles. The van der Waals surface area contributed by atoms with E-state index in [-0.39, 0.29) is 5.75 Å². The highest BCUT2D eigenvalue weighted by Crippen LogP contribution is 2.20. The van der Waals surface area contributed by atoms with Gasteiger partial charge in [0.2, 0.25) is 0 Å². The van der Waals surface area contributed by atoms with Crippen LogP contribution in [0.4, 0.5) is 0 Å². The zero-order valence-corrected chi connectivity index (χ0v) is 10.4. The summed E-state index contributed by atoms with van der Waals surface area (Å²) in [6.07, 6.45) is 1.50. The van der Waals surface area contributed by atoms with Crippen molar-refractivity contribution in [3.8, 4) is 5.75 Å². The second-order valence-corrected chi connectivity index (χ2v) is 4.91. The molecule has 1 aliphatic rings. The highest BCUT2D eigenvalue weighted by Gasteiger charge is 2.13. The van der Waals surface area contributed by atoms with Gasteiger partial charge in [-0.1, -0.05) is 12.1 Å². The Balaban J connectivity index is 1.87. The predicted octanol–water partition coefficient (Wildman–Crippen LogP) is 1.50. The summed E-state index contributed by atoms with van der Waals surface area (Å²) in [7, 11) is 0. The van der Waals surface area contributed by atoms with Crippen LogP contribution in [-0.4, -0.2) is 22.8 Å². The van der Waals surface area contributed by atoms with Crippen molar-refractivity contribution in [3.63, 3.8) is 0 Å². The minimum absolute atomic E-state index is 0.209. The number of hydrogen-bond acceptors (Lipinski definition) is 5. The van der Waals surface area contributed by atoms with Crippen LogP contribution < -0.4 is 10.0 Å². The molecule has 4 N–H and O–H groups in total. The molecule has 0 bridgehead atoms. The molecular formula is C12H16N2O2S. The van der Waals surface area contributed by atoms with Crippen molar-refractivity contribution in [2.45, 2.75) is 19.1 Å². The maximum absolute atomic E-state index is 9.94. The first-order chi connectivity index (χ1) is 8.15. The third-order valence-corrected chi connectivity index (χ3v) is 3.49. The normalized spacial score (nSPS) is 21.1. The monoisotopic (exact) mass is 252 g/mol. The Kier molecular flexibility index (Phi) is 3.93. The molecule has 2 rings (SSSR count). The molecule has 5 heteroatoms. The molecule has 0 saturated heterocycles. The number of aromatic hydroxyl groups is 1. The van der Waals surface area contributed by atoms with E-state index >= 15 is 0 Å². The number of rotatable bonds is 4. The summed E-state index contributed by atoms with van der Waals surface area (Å²) in [6.45, 7) is 2.52. The summed E-state index contributed by atoms with van der Waals surface area (Å²) in [5.74, 6) is 0.209. The largest absolute Gasteiger partial charge is 0.508 e. The smallest absolute Gasteiger partial charge is 0.115 e. The quantitative estimate of drug-likeness (QED) is 0.612. The van der Waals surface area contributed by atoms with Gasteiger partial charge in [0.05, 0.1) is 11.1 Å². The lowest BCUT2D eigenvalue weighted by Crippen LogP contribution is -2.19. The Hall–Kier alpha value is -1.17. The Morgan fingerprint density at radius 3 is 2.71 bits per heavy atom. The summed E-state index contributed by atoms with van der Waals surface area (Å²) in [5, 5.41) is 23.3. The number of aliphatic hydroxyl groups excluding tert-OH is 1. The fourth-order valence-electron chi connectivity index (χ4n) is 1.56. The molecule has 4 nitrogen and oxygen atoms in total. The van der Waals surface area contributed by atoms with E-state index in [4.69, 9.17) is 5.11 Å². The summed E-state index contributed by atoms with van der Waals surface area (Å²) < 4.78 is 3.19. The molecule has 0 saturated carbocycles. The Morgan fingerprint density at radius 1 is 1.41 bits per heavy atom. The first kappa shape index (κ1) is 12.3. The van der Waals surface area contributed by atoms with Gasteiger partial charge in [0, 0.05) is 12.6 Å². The summed E-state index contributed by atoms with van der Waals surface area (Å²) in [4.78, 5) is 0. The molecule has 92 valence electrons. The van der Waals surface area contributed by atoms with Crippen LogP contribution in [0, 0.1) is 0 Å². The van der Waals surface area contributed by atoms with Gasteiger partial charge >= 0.3 is 0 Å². The Labute approximate surface area is 105 Å². The van der Waals surface area contributed by atoms with Crippen molar-refractivity contribution in [2.75, 3.05) is 6.54 Å². The molecule has 2 atom stereocenters. The van der Waals surface area contributed by atoms with Crippen molar-refractivity contribution in [3.05, 3.63) is 40.9 Å². The lowest BCUT2D eigenvalue weighted by molar-refractivity contribution is 0.179. The van der Waals surface area contributed by atoms with E-state index < -0.39 is 6.10 Å². The third-order valence-electron chi connectivity index (χ3n) is 2.50. The van der Waals surface area contributed by atoms with Crippen LogP contribution >= 0.6 is 11.9 Å². The molecule has 0 aliphatic carbocycles. The first-order valence-corrected chi connectivity index (χ1v) is 6.32. The minimum Gasteiger partial charge on any atom is -0.508 e. The van der Waals surface area contributed by atoms with E-state index in [9.17, 15) is 5.11 Å². The maximum Gasteiger partial charge on any atom is 0.115 e. The second kappa shape index (κ2) is 5.44. The van der Waals surface area contributed by atoms with Gasteiger partial charge in [-0.25, -0.2) is 0 Å². The van der Waals surface area contributed by atoms with Gasteiger partial charge in [0.15, 0.2) is 0 Å². The second-order valence-electron chi connectivity index (χ2n) is 4.03. The van der Waals surface area contributed by atoms with Gasteiger partial charge in [0.1, 0.15) is 5.75 Å². The SMILES string of the molecule is CC1C=C(NCC(O)c2ccc(O)cc2)SN1. The van der Waals surface area contributed by atoms with E-state index in [2.05, 4.69) is 23.0 Å². The fourth-order valence-corrected chi connectivity index (χ4v) is 2.37. The average molecular weight is 252 g/mol. The van der Waals surface area contributed by atoms with Gasteiger partial charge < -0.3 is 15.5 Å². The number of phenolic OH excluding ortho intramolecular Hbond substituents is 1. The van der Waals surface area contributed by atoms with E-state index in [0.29, 0.717) is 12.6 Å². The third kappa shape index (κ3) is 3.39. The zero-order chi connectivity index (χ0) is 12.3. The number of hydrogen-bond donors (Lipinski definition) is 4. The average Bonchev–Trinajstić information content (AvgIpc) is 2.73. The van der Waals surface area contributed by atoms with Gasteiger partial charge in [-0.05, 0) is 42.6 Å². The Morgan fingerprint density at radius 2 is 2.12 bits per heavy atom. The lowest BCUT2D eigenvalue weighted by atomic mass is 10.1. The van der Waals surface area contributed by atoms with Gasteiger partial charge in [-0.2, -0.15) is 0 Å². The molecule has 17 heavy (non-hydrogen) atoms. The lowest BCUT2D eigenvalue weighted by Gasteiger charge is -2.13. The molecule has 1 aromatic carbocycles. The molecule has 1 aromatic rings. The first-order valence-electron chi connectivity index (χ1n) is 5.50. The zero-order valence-electron chi connectivity index (χ0n) is 9.55. The standard InChI is InChI=1S/C12H16N2O2S/c1-8-6-12(17-14-8)13-7-11(16)9-2-4-10(15)5-3-9/h2-6,8,11,13-16H,7H2,1H3. The molecule has 1 aliphatic heterocycles. The molecule has 0 spiro atoms. The highest BCUT2D eigenvalue weighted by molar-refractivity contribution is 8.01. The van der Waals surface area contributed by atoms with Crippen molar-refractivity contribution in [1.29, 1.82) is 0 Å². The number of aliphatic hydroxyl groups is 1. The molecule has 0 amide bonds. The highest BCUT2D eigenvalue weighted by atomic mass is 32.2. The van der Waals surface area contributed by atoms with Crippen LogP contribution in [-0.2, 0) is 0 Å². The predicted molar refractivity (Wildman–Crippen MR) is 69.3 cm³/mol. The van der Waals surface area contributed by atoms with Crippen LogP contribution in [0.15, 0.2) is 35.4 Å². The molecule has 1 heterocycles. The summed E-state index contributed by atoms with van der Waals surface area (Å²) in [5.41, 5.74) is 0.792. The van der Waals surface area contributed by atoms with Crippen LogP contribution in [0.5, 0.6) is 5.75 Å². The van der Waals surface area contributed by atoms with E-state index in [0.717, 1.165) is 10.6 Å². The van der Waals surface area contributed by atoms with Gasteiger partial charge in [-0.15, -0.1) is 0 Å². The number of nitrogens with one attached hydrogen (secondary N) is 2. The fraction of sp³-hybridized carbons (Fsp3) is 0.333. The molecule has 2 unspecified atom stereocenters. The van der Waals surface area contributed by atoms with Crippen LogP contribution in [0.25, 0.3) is 0 Å². The van der Waals surface area contributed by atoms with Crippen LogP contribution in [0.1, 0.15) is 18.6 Å². The molecule has 0 fully saturated rings. The Bertz CT molecular complexity index is 405. The van der Waals surface area contributed by atoms with Crippen molar-refractivity contribution < 1.29 is 10.2 Å². The van der Waals surface area contributed by atoms with Crippen LogP contribution in [0.2, 0.25) is 0 Å². The summed E-state index contributed by atoms with van der Waals surface area (Å²) in [6, 6.07) is 6.95. The maximum atomic E-state index is 9.94. The van der Waals surface area contributed by atoms with E-state index in [1.807, 2.05) is 0 Å². The number of benzene rings is 1. The topological polar surface area (TPSA) is 64.5 Å². The number of phenols is 1.